The normalized spacial score (nSPS) is 12.4. The molecule has 0 aliphatic heterocycles. The summed E-state index contributed by atoms with van der Waals surface area (Å²) in [7, 11) is -3.56. The molecule has 1 heterocycles. The maximum Gasteiger partial charge on any atom is 0.263 e. The molecule has 0 spiro atoms. The molecule has 0 aliphatic carbocycles. The largest absolute Gasteiger partial charge is 0.263 e. The predicted octanol–water partition coefficient (Wildman–Crippen LogP) is 3.55. The molecule has 0 saturated carbocycles. The van der Waals surface area contributed by atoms with Crippen LogP contribution in [0.1, 0.15) is 31.2 Å². The summed E-state index contributed by atoms with van der Waals surface area (Å²) >= 11 is 1.36. The van der Waals surface area contributed by atoms with Crippen molar-refractivity contribution in [3.63, 3.8) is 0 Å². The van der Waals surface area contributed by atoms with Crippen molar-refractivity contribution in [3.8, 4) is 0 Å². The highest BCUT2D eigenvalue weighted by Crippen LogP contribution is 2.31. The lowest BCUT2D eigenvalue weighted by Gasteiger charge is -2.14. The number of aromatic nitrogens is 1. The van der Waals surface area contributed by atoms with Crippen LogP contribution in [0.3, 0.4) is 0 Å². The molecule has 1 N–H and O–H groups in total. The Kier molecular flexibility index (Phi) is 3.88. The number of hydrogen-bond donors (Lipinski definition) is 1. The van der Waals surface area contributed by atoms with Gasteiger partial charge in [-0.15, -0.1) is 11.3 Å². The molecule has 1 aromatic carbocycles. The molecule has 0 radical (unpaired) electrons. The van der Waals surface area contributed by atoms with Crippen LogP contribution < -0.4 is 4.72 Å². The number of sulfonamides is 1. The Morgan fingerprint density at radius 3 is 2.25 bits per heavy atom. The van der Waals surface area contributed by atoms with Gasteiger partial charge in [0.2, 0.25) is 0 Å². The molecule has 0 amide bonds. The van der Waals surface area contributed by atoms with Crippen LogP contribution in [-0.2, 0) is 15.4 Å². The Morgan fingerprint density at radius 1 is 1.15 bits per heavy atom. The first kappa shape index (κ1) is 15.0. The van der Waals surface area contributed by atoms with Gasteiger partial charge in [-0.25, -0.2) is 13.4 Å². The van der Waals surface area contributed by atoms with Crippen LogP contribution in [-0.4, -0.2) is 13.4 Å². The number of hydrogen-bond acceptors (Lipinski definition) is 4. The van der Waals surface area contributed by atoms with Crippen molar-refractivity contribution in [1.82, 2.24) is 4.98 Å². The summed E-state index contributed by atoms with van der Waals surface area (Å²) in [6.07, 6.45) is 1.72. The lowest BCUT2D eigenvalue weighted by Crippen LogP contribution is -2.12. The Morgan fingerprint density at radius 2 is 1.75 bits per heavy atom. The van der Waals surface area contributed by atoms with Crippen molar-refractivity contribution >= 4 is 26.5 Å². The van der Waals surface area contributed by atoms with E-state index in [9.17, 15) is 8.42 Å². The number of benzene rings is 1. The van der Waals surface area contributed by atoms with Gasteiger partial charge in [0.15, 0.2) is 5.13 Å². The van der Waals surface area contributed by atoms with Gasteiger partial charge in [0.25, 0.3) is 10.0 Å². The van der Waals surface area contributed by atoms with Gasteiger partial charge in [0, 0.05) is 11.1 Å². The number of nitrogens with zero attached hydrogens (tertiary/aromatic N) is 1. The van der Waals surface area contributed by atoms with Crippen LogP contribution >= 0.6 is 11.3 Å². The van der Waals surface area contributed by atoms with Crippen molar-refractivity contribution in [2.24, 2.45) is 0 Å². The van der Waals surface area contributed by atoms with Gasteiger partial charge in [-0.1, -0.05) is 38.5 Å². The van der Waals surface area contributed by atoms with E-state index < -0.39 is 10.0 Å². The van der Waals surface area contributed by atoms with Crippen molar-refractivity contribution in [2.75, 3.05) is 4.72 Å². The number of aryl methyl sites for hydroxylation is 1. The fourth-order valence-electron chi connectivity index (χ4n) is 1.56. The molecular formula is C14H18N2O2S2. The molecular weight excluding hydrogens is 292 g/mol. The second kappa shape index (κ2) is 5.18. The summed E-state index contributed by atoms with van der Waals surface area (Å²) in [4.78, 5) is 5.43. The molecule has 4 nitrogen and oxygen atoms in total. The Hall–Kier alpha value is -1.40. The maximum absolute atomic E-state index is 12.2. The van der Waals surface area contributed by atoms with E-state index in [1.807, 2.05) is 6.92 Å². The van der Waals surface area contributed by atoms with Crippen LogP contribution in [0.5, 0.6) is 0 Å². The van der Waals surface area contributed by atoms with Crippen molar-refractivity contribution in [1.29, 1.82) is 0 Å². The van der Waals surface area contributed by atoms with Gasteiger partial charge >= 0.3 is 0 Å². The quantitative estimate of drug-likeness (QED) is 0.943. The van der Waals surface area contributed by atoms with Gasteiger partial charge in [-0.2, -0.15) is 0 Å². The average Bonchev–Trinajstić information content (AvgIpc) is 2.77. The number of nitrogens with one attached hydrogen (secondary N) is 1. The molecule has 0 fully saturated rings. The standard InChI is InChI=1S/C14H18N2O2S2/c1-10-5-7-11(8-6-10)20(17,18)16-13-15-9-12(19-13)14(2,3)4/h5-9H,1-4H3,(H,15,16). The summed E-state index contributed by atoms with van der Waals surface area (Å²) in [5.74, 6) is 0. The van der Waals surface area contributed by atoms with E-state index in [2.05, 4.69) is 30.5 Å². The zero-order chi connectivity index (χ0) is 15.0. The van der Waals surface area contributed by atoms with Crippen LogP contribution in [0.4, 0.5) is 5.13 Å². The maximum atomic E-state index is 12.2. The molecule has 0 bridgehead atoms. The number of anilines is 1. The summed E-state index contributed by atoms with van der Waals surface area (Å²) in [6.45, 7) is 8.12. The number of rotatable bonds is 3. The third-order valence-corrected chi connectivity index (χ3v) is 5.62. The van der Waals surface area contributed by atoms with Crippen LogP contribution in [0.15, 0.2) is 35.4 Å². The summed E-state index contributed by atoms with van der Waals surface area (Å²) in [6, 6.07) is 6.74. The van der Waals surface area contributed by atoms with E-state index in [-0.39, 0.29) is 10.3 Å². The lowest BCUT2D eigenvalue weighted by molar-refractivity contribution is 0.601. The van der Waals surface area contributed by atoms with E-state index in [1.54, 1.807) is 30.5 Å². The molecule has 108 valence electrons. The Bertz CT molecular complexity index is 696. The minimum atomic E-state index is -3.56. The minimum absolute atomic E-state index is 0.0365. The minimum Gasteiger partial charge on any atom is -0.255 e. The first-order valence-corrected chi connectivity index (χ1v) is 8.54. The lowest BCUT2D eigenvalue weighted by atomic mass is 9.96. The van der Waals surface area contributed by atoms with Crippen molar-refractivity contribution < 1.29 is 8.42 Å². The fraction of sp³-hybridized carbons (Fsp3) is 0.357. The fourth-order valence-corrected chi connectivity index (χ4v) is 3.68. The van der Waals surface area contributed by atoms with E-state index in [0.717, 1.165) is 10.4 Å². The summed E-state index contributed by atoms with van der Waals surface area (Å²) in [5, 5.41) is 0.399. The molecule has 2 aromatic rings. The number of thiazole rings is 1. The summed E-state index contributed by atoms with van der Waals surface area (Å²) in [5.41, 5.74) is 0.985. The van der Waals surface area contributed by atoms with E-state index in [4.69, 9.17) is 0 Å². The van der Waals surface area contributed by atoms with Crippen molar-refractivity contribution in [2.45, 2.75) is 38.0 Å². The van der Waals surface area contributed by atoms with E-state index in [0.29, 0.717) is 5.13 Å². The van der Waals surface area contributed by atoms with Gasteiger partial charge in [0.05, 0.1) is 4.90 Å². The Balaban J connectivity index is 2.25. The highest BCUT2D eigenvalue weighted by Gasteiger charge is 2.20. The molecule has 2 rings (SSSR count). The molecule has 0 atom stereocenters. The van der Waals surface area contributed by atoms with E-state index in [1.165, 1.54) is 11.3 Å². The molecule has 20 heavy (non-hydrogen) atoms. The van der Waals surface area contributed by atoms with E-state index >= 15 is 0 Å². The summed E-state index contributed by atoms with van der Waals surface area (Å²) < 4.78 is 27.0. The molecule has 0 aliphatic rings. The van der Waals surface area contributed by atoms with Gasteiger partial charge < -0.3 is 0 Å². The topological polar surface area (TPSA) is 59.1 Å². The second-order valence-electron chi connectivity index (χ2n) is 5.70. The smallest absolute Gasteiger partial charge is 0.255 e. The van der Waals surface area contributed by atoms with Crippen LogP contribution in [0.25, 0.3) is 0 Å². The molecule has 0 unspecified atom stereocenters. The molecule has 0 saturated heterocycles. The SMILES string of the molecule is Cc1ccc(S(=O)(=O)Nc2ncc(C(C)(C)C)s2)cc1. The van der Waals surface area contributed by atoms with Gasteiger partial charge in [-0.3, -0.25) is 4.72 Å². The van der Waals surface area contributed by atoms with Crippen LogP contribution in [0.2, 0.25) is 0 Å². The molecule has 6 heteroatoms. The monoisotopic (exact) mass is 310 g/mol. The third-order valence-electron chi connectivity index (χ3n) is 2.80. The second-order valence-corrected chi connectivity index (χ2v) is 8.41. The van der Waals surface area contributed by atoms with Crippen molar-refractivity contribution in [3.05, 3.63) is 40.9 Å². The van der Waals surface area contributed by atoms with Gasteiger partial charge in [-0.05, 0) is 24.5 Å². The Labute approximate surface area is 123 Å². The zero-order valence-corrected chi connectivity index (χ0v) is 13.6. The highest BCUT2D eigenvalue weighted by atomic mass is 32.2. The molecule has 1 aromatic heterocycles. The zero-order valence-electron chi connectivity index (χ0n) is 12.0. The average molecular weight is 310 g/mol. The third kappa shape index (κ3) is 3.37. The highest BCUT2D eigenvalue weighted by molar-refractivity contribution is 7.93. The van der Waals surface area contributed by atoms with Crippen LogP contribution in [0, 0.1) is 6.92 Å². The first-order chi connectivity index (χ1) is 9.18. The predicted molar refractivity (Wildman–Crippen MR) is 82.8 cm³/mol. The van der Waals surface area contributed by atoms with Gasteiger partial charge in [0.1, 0.15) is 0 Å². The first-order valence-electron chi connectivity index (χ1n) is 6.24.